The van der Waals surface area contributed by atoms with E-state index in [4.69, 9.17) is 14.7 Å². The van der Waals surface area contributed by atoms with Crippen LogP contribution in [0.5, 0.6) is 11.5 Å². The van der Waals surface area contributed by atoms with Crippen LogP contribution in [0.3, 0.4) is 0 Å². The third-order valence-electron chi connectivity index (χ3n) is 2.82. The van der Waals surface area contributed by atoms with Crippen LogP contribution in [0.25, 0.3) is 11.1 Å². The molecule has 0 saturated heterocycles. The standard InChI is InChI=1S/C16H15NO2/c1-3-19-16-9-6-13(10-14(16)11-17)12-4-7-15(18-2)8-5-12/h4-10H,3H2,1-2H3. The average Bonchev–Trinajstić information content (AvgIpc) is 2.48. The third kappa shape index (κ3) is 2.86. The molecule has 19 heavy (non-hydrogen) atoms. The van der Waals surface area contributed by atoms with E-state index in [9.17, 15) is 0 Å². The second-order valence-corrected chi connectivity index (χ2v) is 3.98. The number of hydrogen-bond acceptors (Lipinski definition) is 3. The maximum atomic E-state index is 9.15. The lowest BCUT2D eigenvalue weighted by Crippen LogP contribution is -1.94. The molecule has 3 nitrogen and oxygen atoms in total. The second-order valence-electron chi connectivity index (χ2n) is 3.98. The highest BCUT2D eigenvalue weighted by Crippen LogP contribution is 2.27. The average molecular weight is 253 g/mol. The van der Waals surface area contributed by atoms with Gasteiger partial charge in [0.25, 0.3) is 0 Å². The van der Waals surface area contributed by atoms with Crippen molar-refractivity contribution < 1.29 is 9.47 Å². The molecule has 2 rings (SSSR count). The van der Waals surface area contributed by atoms with Gasteiger partial charge in [-0.25, -0.2) is 0 Å². The molecule has 0 radical (unpaired) electrons. The zero-order chi connectivity index (χ0) is 13.7. The molecule has 0 amide bonds. The smallest absolute Gasteiger partial charge is 0.137 e. The van der Waals surface area contributed by atoms with Crippen molar-refractivity contribution in [2.75, 3.05) is 13.7 Å². The maximum absolute atomic E-state index is 9.15. The maximum Gasteiger partial charge on any atom is 0.137 e. The zero-order valence-corrected chi connectivity index (χ0v) is 11.0. The summed E-state index contributed by atoms with van der Waals surface area (Å²) in [6, 6.07) is 15.5. The van der Waals surface area contributed by atoms with E-state index in [1.807, 2.05) is 49.4 Å². The van der Waals surface area contributed by atoms with Gasteiger partial charge in [-0.3, -0.25) is 0 Å². The lowest BCUT2D eigenvalue weighted by atomic mass is 10.0. The summed E-state index contributed by atoms with van der Waals surface area (Å²) in [4.78, 5) is 0. The molecule has 96 valence electrons. The van der Waals surface area contributed by atoms with Crippen LogP contribution < -0.4 is 9.47 Å². The SMILES string of the molecule is CCOc1ccc(-c2ccc(OC)cc2)cc1C#N. The van der Waals surface area contributed by atoms with Gasteiger partial charge in [-0.2, -0.15) is 5.26 Å². The van der Waals surface area contributed by atoms with E-state index in [2.05, 4.69) is 6.07 Å². The van der Waals surface area contributed by atoms with Gasteiger partial charge >= 0.3 is 0 Å². The number of methoxy groups -OCH3 is 1. The molecule has 0 aliphatic heterocycles. The van der Waals surface area contributed by atoms with Gasteiger partial charge < -0.3 is 9.47 Å². The Morgan fingerprint density at radius 1 is 1.05 bits per heavy atom. The molecule has 0 spiro atoms. The van der Waals surface area contributed by atoms with Crippen molar-refractivity contribution in [1.29, 1.82) is 5.26 Å². The lowest BCUT2D eigenvalue weighted by molar-refractivity contribution is 0.339. The Kier molecular flexibility index (Phi) is 4.04. The fourth-order valence-corrected chi connectivity index (χ4v) is 1.86. The van der Waals surface area contributed by atoms with E-state index < -0.39 is 0 Å². The third-order valence-corrected chi connectivity index (χ3v) is 2.82. The molecule has 0 unspecified atom stereocenters. The minimum absolute atomic E-state index is 0.551. The first kappa shape index (κ1) is 13.0. The Morgan fingerprint density at radius 2 is 1.74 bits per heavy atom. The van der Waals surface area contributed by atoms with Crippen molar-refractivity contribution in [1.82, 2.24) is 0 Å². The molecular formula is C16H15NO2. The van der Waals surface area contributed by atoms with Crippen LogP contribution in [0.1, 0.15) is 12.5 Å². The van der Waals surface area contributed by atoms with Crippen molar-refractivity contribution in [2.45, 2.75) is 6.92 Å². The van der Waals surface area contributed by atoms with Gasteiger partial charge in [0, 0.05) is 0 Å². The summed E-state index contributed by atoms with van der Waals surface area (Å²) in [6.07, 6.45) is 0. The fraction of sp³-hybridized carbons (Fsp3) is 0.188. The molecule has 2 aromatic carbocycles. The van der Waals surface area contributed by atoms with Crippen molar-refractivity contribution >= 4 is 0 Å². The molecule has 3 heteroatoms. The Balaban J connectivity index is 2.37. The first-order chi connectivity index (χ1) is 9.28. The van der Waals surface area contributed by atoms with E-state index in [1.165, 1.54) is 0 Å². The number of nitriles is 1. The normalized spacial score (nSPS) is 9.74. The van der Waals surface area contributed by atoms with Crippen LogP contribution in [-0.2, 0) is 0 Å². The molecule has 0 N–H and O–H groups in total. The molecule has 0 fully saturated rings. The largest absolute Gasteiger partial charge is 0.497 e. The van der Waals surface area contributed by atoms with E-state index in [0.29, 0.717) is 17.9 Å². The minimum atomic E-state index is 0.551. The van der Waals surface area contributed by atoms with Gasteiger partial charge in [0.05, 0.1) is 19.3 Å². The Morgan fingerprint density at radius 3 is 2.32 bits per heavy atom. The van der Waals surface area contributed by atoms with Crippen LogP contribution >= 0.6 is 0 Å². The van der Waals surface area contributed by atoms with Gasteiger partial charge in [0.15, 0.2) is 0 Å². The van der Waals surface area contributed by atoms with Gasteiger partial charge in [0.2, 0.25) is 0 Å². The quantitative estimate of drug-likeness (QED) is 0.835. The molecule has 0 atom stereocenters. The van der Waals surface area contributed by atoms with E-state index in [0.717, 1.165) is 16.9 Å². The van der Waals surface area contributed by atoms with Crippen molar-refractivity contribution in [3.8, 4) is 28.7 Å². The molecule has 0 aliphatic carbocycles. The number of nitrogens with zero attached hydrogens (tertiary/aromatic N) is 1. The molecule has 2 aromatic rings. The molecule has 0 heterocycles. The number of hydrogen-bond donors (Lipinski definition) is 0. The number of benzene rings is 2. The molecular weight excluding hydrogens is 238 g/mol. The summed E-state index contributed by atoms with van der Waals surface area (Å²) in [6.45, 7) is 2.45. The monoisotopic (exact) mass is 253 g/mol. The van der Waals surface area contributed by atoms with Crippen molar-refractivity contribution in [3.05, 3.63) is 48.0 Å². The summed E-state index contributed by atoms with van der Waals surface area (Å²) < 4.78 is 10.5. The van der Waals surface area contributed by atoms with Gasteiger partial charge in [-0.15, -0.1) is 0 Å². The highest BCUT2D eigenvalue weighted by molar-refractivity contribution is 5.67. The van der Waals surface area contributed by atoms with Crippen molar-refractivity contribution in [2.24, 2.45) is 0 Å². The van der Waals surface area contributed by atoms with Crippen LogP contribution in [0.2, 0.25) is 0 Å². The van der Waals surface area contributed by atoms with Gasteiger partial charge in [0.1, 0.15) is 17.6 Å². The summed E-state index contributed by atoms with van der Waals surface area (Å²) >= 11 is 0. The van der Waals surface area contributed by atoms with Crippen LogP contribution in [-0.4, -0.2) is 13.7 Å². The highest BCUT2D eigenvalue weighted by Gasteiger charge is 2.06. The predicted octanol–water partition coefficient (Wildman–Crippen LogP) is 3.63. The summed E-state index contributed by atoms with van der Waals surface area (Å²) in [5, 5.41) is 9.15. The topological polar surface area (TPSA) is 42.2 Å². The second kappa shape index (κ2) is 5.92. The van der Waals surface area contributed by atoms with E-state index in [-0.39, 0.29) is 0 Å². The predicted molar refractivity (Wildman–Crippen MR) is 74.3 cm³/mol. The Bertz CT molecular complexity index is 597. The van der Waals surface area contributed by atoms with Gasteiger partial charge in [-0.05, 0) is 42.3 Å². The fourth-order valence-electron chi connectivity index (χ4n) is 1.86. The van der Waals surface area contributed by atoms with Crippen LogP contribution in [0, 0.1) is 11.3 Å². The lowest BCUT2D eigenvalue weighted by Gasteiger charge is -2.08. The summed E-state index contributed by atoms with van der Waals surface area (Å²) in [5.41, 5.74) is 2.58. The van der Waals surface area contributed by atoms with Crippen LogP contribution in [0.15, 0.2) is 42.5 Å². The number of rotatable bonds is 4. The molecule has 0 aromatic heterocycles. The Hall–Kier alpha value is -2.47. The first-order valence-electron chi connectivity index (χ1n) is 6.10. The summed E-state index contributed by atoms with van der Waals surface area (Å²) in [5.74, 6) is 1.44. The minimum Gasteiger partial charge on any atom is -0.497 e. The number of ether oxygens (including phenoxy) is 2. The summed E-state index contributed by atoms with van der Waals surface area (Å²) in [7, 11) is 1.64. The van der Waals surface area contributed by atoms with Gasteiger partial charge in [-0.1, -0.05) is 18.2 Å². The molecule has 0 saturated carbocycles. The van der Waals surface area contributed by atoms with E-state index >= 15 is 0 Å². The zero-order valence-electron chi connectivity index (χ0n) is 11.0. The molecule has 0 bridgehead atoms. The molecule has 0 aliphatic rings. The van der Waals surface area contributed by atoms with Crippen molar-refractivity contribution in [3.63, 3.8) is 0 Å². The van der Waals surface area contributed by atoms with E-state index in [1.54, 1.807) is 7.11 Å². The Labute approximate surface area is 113 Å². The first-order valence-corrected chi connectivity index (χ1v) is 6.10. The highest BCUT2D eigenvalue weighted by atomic mass is 16.5. The van der Waals surface area contributed by atoms with Crippen LogP contribution in [0.4, 0.5) is 0 Å².